The van der Waals surface area contributed by atoms with Crippen molar-refractivity contribution in [2.75, 3.05) is 6.54 Å². The van der Waals surface area contributed by atoms with Crippen molar-refractivity contribution >= 4 is 34.6 Å². The summed E-state index contributed by atoms with van der Waals surface area (Å²) in [5.41, 5.74) is 2.72. The number of nitrogens with zero attached hydrogens (tertiary/aromatic N) is 2. The van der Waals surface area contributed by atoms with Gasteiger partial charge >= 0.3 is 0 Å². The van der Waals surface area contributed by atoms with Crippen LogP contribution in [0.2, 0.25) is 0 Å². The average Bonchev–Trinajstić information content (AvgIpc) is 2.84. The Labute approximate surface area is 151 Å². The van der Waals surface area contributed by atoms with Gasteiger partial charge in [0.15, 0.2) is 5.17 Å². The van der Waals surface area contributed by atoms with Gasteiger partial charge in [-0.15, -0.1) is 6.58 Å². The molecule has 0 unspecified atom stereocenters. The first-order chi connectivity index (χ1) is 12.1. The molecule has 0 radical (unpaired) electrons. The van der Waals surface area contributed by atoms with E-state index in [0.717, 1.165) is 11.1 Å². The number of hydrogen-bond donors (Lipinski definition) is 1. The van der Waals surface area contributed by atoms with Gasteiger partial charge in [-0.25, -0.2) is 4.99 Å². The van der Waals surface area contributed by atoms with E-state index in [-0.39, 0.29) is 11.7 Å². The van der Waals surface area contributed by atoms with Crippen LogP contribution in [-0.2, 0) is 4.79 Å². The van der Waals surface area contributed by atoms with Crippen LogP contribution in [0.3, 0.4) is 0 Å². The van der Waals surface area contributed by atoms with Gasteiger partial charge in [-0.1, -0.05) is 42.0 Å². The highest BCUT2D eigenvalue weighted by atomic mass is 32.2. The maximum absolute atomic E-state index is 12.7. The zero-order valence-electron chi connectivity index (χ0n) is 13.8. The van der Waals surface area contributed by atoms with Gasteiger partial charge in [0.2, 0.25) is 0 Å². The lowest BCUT2D eigenvalue weighted by Gasteiger charge is -2.12. The molecule has 1 aliphatic rings. The fraction of sp³-hybridized carbons (Fsp3) is 0.100. The summed E-state index contributed by atoms with van der Waals surface area (Å²) in [6.07, 6.45) is 3.55. The number of aryl methyl sites for hydroxylation is 1. The number of thioether (sulfide) groups is 1. The van der Waals surface area contributed by atoms with E-state index in [9.17, 15) is 9.90 Å². The van der Waals surface area contributed by atoms with Crippen LogP contribution in [0.5, 0.6) is 5.75 Å². The number of carbonyl (C=O) groups is 1. The summed E-state index contributed by atoms with van der Waals surface area (Å²) in [6, 6.07) is 14.6. The number of rotatable bonds is 4. The van der Waals surface area contributed by atoms with Gasteiger partial charge < -0.3 is 5.11 Å². The molecule has 4 nitrogen and oxygen atoms in total. The van der Waals surface area contributed by atoms with E-state index < -0.39 is 0 Å². The molecule has 0 aliphatic carbocycles. The molecular formula is C20H18N2O2S. The van der Waals surface area contributed by atoms with Gasteiger partial charge in [0.25, 0.3) is 5.91 Å². The summed E-state index contributed by atoms with van der Waals surface area (Å²) < 4.78 is 0. The molecule has 2 aromatic rings. The maximum atomic E-state index is 12.7. The van der Waals surface area contributed by atoms with Gasteiger partial charge in [-0.3, -0.25) is 9.69 Å². The van der Waals surface area contributed by atoms with Crippen LogP contribution in [0.1, 0.15) is 11.1 Å². The molecule has 5 heteroatoms. The molecule has 1 saturated heterocycles. The van der Waals surface area contributed by atoms with E-state index in [2.05, 4.69) is 11.6 Å². The molecule has 0 bridgehead atoms. The van der Waals surface area contributed by atoms with Crippen molar-refractivity contribution in [1.82, 2.24) is 4.90 Å². The summed E-state index contributed by atoms with van der Waals surface area (Å²) in [5, 5.41) is 10.2. The zero-order valence-corrected chi connectivity index (χ0v) is 14.7. The highest BCUT2D eigenvalue weighted by Gasteiger charge is 2.32. The lowest BCUT2D eigenvalue weighted by atomic mass is 10.1. The smallest absolute Gasteiger partial charge is 0.267 e. The Bertz CT molecular complexity index is 887. The summed E-state index contributed by atoms with van der Waals surface area (Å²) in [5.74, 6) is 0.0484. The molecule has 1 amide bonds. The second kappa shape index (κ2) is 7.40. The van der Waals surface area contributed by atoms with Gasteiger partial charge in [-0.05, 0) is 42.5 Å². The van der Waals surface area contributed by atoms with E-state index in [0.29, 0.717) is 22.3 Å². The second-order valence-corrected chi connectivity index (χ2v) is 6.65. The van der Waals surface area contributed by atoms with Gasteiger partial charge in [0.1, 0.15) is 5.75 Å². The van der Waals surface area contributed by atoms with Crippen LogP contribution in [0.25, 0.3) is 6.08 Å². The van der Waals surface area contributed by atoms with Crippen molar-refractivity contribution < 1.29 is 9.90 Å². The van der Waals surface area contributed by atoms with Crippen molar-refractivity contribution in [1.29, 1.82) is 0 Å². The molecule has 1 N–H and O–H groups in total. The summed E-state index contributed by atoms with van der Waals surface area (Å²) in [6.45, 7) is 6.12. The number of carbonyl (C=O) groups excluding carboxylic acids is 1. The monoisotopic (exact) mass is 350 g/mol. The quantitative estimate of drug-likeness (QED) is 0.653. The molecule has 1 fully saturated rings. The number of aliphatic imine (C=N–C) groups is 1. The zero-order chi connectivity index (χ0) is 17.8. The maximum Gasteiger partial charge on any atom is 0.267 e. The minimum Gasteiger partial charge on any atom is -0.508 e. The number of benzene rings is 2. The van der Waals surface area contributed by atoms with Crippen molar-refractivity contribution in [2.24, 2.45) is 4.99 Å². The Balaban J connectivity index is 1.96. The van der Waals surface area contributed by atoms with E-state index in [1.54, 1.807) is 35.2 Å². The fourth-order valence-electron chi connectivity index (χ4n) is 2.47. The molecule has 1 aliphatic heterocycles. The van der Waals surface area contributed by atoms with Crippen LogP contribution in [-0.4, -0.2) is 27.6 Å². The second-order valence-electron chi connectivity index (χ2n) is 5.64. The number of phenolic OH excluding ortho intramolecular Hbond substituents is 1. The van der Waals surface area contributed by atoms with Crippen LogP contribution < -0.4 is 0 Å². The van der Waals surface area contributed by atoms with Crippen LogP contribution in [0.15, 0.2) is 71.1 Å². The average molecular weight is 350 g/mol. The van der Waals surface area contributed by atoms with Crippen molar-refractivity contribution in [3.63, 3.8) is 0 Å². The number of hydrogen-bond acceptors (Lipinski definition) is 4. The molecule has 0 aromatic heterocycles. The van der Waals surface area contributed by atoms with Crippen LogP contribution in [0.4, 0.5) is 5.69 Å². The van der Waals surface area contributed by atoms with Crippen LogP contribution >= 0.6 is 11.8 Å². The lowest BCUT2D eigenvalue weighted by molar-refractivity contribution is -0.121. The molecule has 0 atom stereocenters. The van der Waals surface area contributed by atoms with Crippen molar-refractivity contribution in [3.8, 4) is 5.75 Å². The standard InChI is InChI=1S/C20H18N2O2S/c1-3-10-22-19(24)18(12-15-7-4-6-14(2)11-15)25-20(22)21-16-8-5-9-17(23)13-16/h3-9,11-13,23H,1,10H2,2H3/b18-12-,21-20?. The summed E-state index contributed by atoms with van der Waals surface area (Å²) in [4.78, 5) is 19.4. The molecular weight excluding hydrogens is 332 g/mol. The third kappa shape index (κ3) is 4.00. The minimum atomic E-state index is -0.0923. The highest BCUT2D eigenvalue weighted by molar-refractivity contribution is 8.18. The minimum absolute atomic E-state index is 0.0923. The number of phenols is 1. The molecule has 25 heavy (non-hydrogen) atoms. The van der Waals surface area contributed by atoms with Gasteiger partial charge in [0.05, 0.1) is 10.6 Å². The molecule has 3 rings (SSSR count). The number of amides is 1. The van der Waals surface area contributed by atoms with E-state index in [4.69, 9.17) is 0 Å². The first kappa shape index (κ1) is 17.0. The fourth-order valence-corrected chi connectivity index (χ4v) is 3.47. The molecule has 0 spiro atoms. The van der Waals surface area contributed by atoms with Crippen molar-refractivity contribution in [3.05, 3.63) is 77.2 Å². The Kier molecular flexibility index (Phi) is 5.05. The third-order valence-electron chi connectivity index (χ3n) is 3.59. The Morgan fingerprint density at radius 2 is 2.04 bits per heavy atom. The Morgan fingerprint density at radius 3 is 2.76 bits per heavy atom. The summed E-state index contributed by atoms with van der Waals surface area (Å²) in [7, 11) is 0. The SMILES string of the molecule is C=CCN1C(=O)/C(=C/c2cccc(C)c2)SC1=Nc1cccc(O)c1. The predicted octanol–water partition coefficient (Wildman–Crippen LogP) is 4.49. The van der Waals surface area contributed by atoms with E-state index in [1.807, 2.05) is 37.3 Å². The summed E-state index contributed by atoms with van der Waals surface area (Å²) >= 11 is 1.33. The van der Waals surface area contributed by atoms with Gasteiger partial charge in [-0.2, -0.15) is 0 Å². The third-order valence-corrected chi connectivity index (χ3v) is 4.60. The molecule has 126 valence electrons. The predicted molar refractivity (Wildman–Crippen MR) is 104 cm³/mol. The first-order valence-corrected chi connectivity index (χ1v) is 8.65. The normalized spacial score (nSPS) is 17.5. The molecule has 1 heterocycles. The van der Waals surface area contributed by atoms with Crippen LogP contribution in [0, 0.1) is 6.92 Å². The lowest BCUT2D eigenvalue weighted by Crippen LogP contribution is -2.29. The first-order valence-electron chi connectivity index (χ1n) is 7.83. The van der Waals surface area contributed by atoms with Crippen molar-refractivity contribution in [2.45, 2.75) is 6.92 Å². The molecule has 2 aromatic carbocycles. The molecule has 0 saturated carbocycles. The Morgan fingerprint density at radius 1 is 1.24 bits per heavy atom. The topological polar surface area (TPSA) is 52.9 Å². The van der Waals surface area contributed by atoms with Gasteiger partial charge in [0, 0.05) is 12.6 Å². The largest absolute Gasteiger partial charge is 0.508 e. The Hall–Kier alpha value is -2.79. The van der Waals surface area contributed by atoms with E-state index in [1.165, 1.54) is 11.8 Å². The number of amidine groups is 1. The highest BCUT2D eigenvalue weighted by Crippen LogP contribution is 2.34. The van der Waals surface area contributed by atoms with E-state index >= 15 is 0 Å². The number of aromatic hydroxyl groups is 1.